The van der Waals surface area contributed by atoms with E-state index >= 15 is 0 Å². The van der Waals surface area contributed by atoms with E-state index in [1.54, 1.807) is 12.1 Å². The topological polar surface area (TPSA) is 43.8 Å². The predicted octanol–water partition coefficient (Wildman–Crippen LogP) is 2.28. The van der Waals surface area contributed by atoms with Crippen molar-refractivity contribution >= 4 is 21.9 Å². The van der Waals surface area contributed by atoms with E-state index in [9.17, 15) is 4.79 Å². The molecule has 19 heavy (non-hydrogen) atoms. The molecule has 4 nitrogen and oxygen atoms in total. The van der Waals surface area contributed by atoms with Gasteiger partial charge in [0.2, 0.25) is 0 Å². The van der Waals surface area contributed by atoms with Gasteiger partial charge in [-0.15, -0.1) is 0 Å². The molecule has 1 aromatic rings. The second-order valence-electron chi connectivity index (χ2n) is 4.82. The van der Waals surface area contributed by atoms with Gasteiger partial charge >= 0.3 is 5.97 Å². The van der Waals surface area contributed by atoms with Crippen LogP contribution in [0.1, 0.15) is 22.8 Å². The molecule has 1 aromatic carbocycles. The largest absolute Gasteiger partial charge is 0.478 e. The minimum Gasteiger partial charge on any atom is -0.478 e. The number of halogens is 1. The Balaban J connectivity index is 1.98. The van der Waals surface area contributed by atoms with Crippen LogP contribution in [0, 0.1) is 0 Å². The van der Waals surface area contributed by atoms with Crippen LogP contribution in [0.3, 0.4) is 0 Å². The van der Waals surface area contributed by atoms with Crippen LogP contribution in [0.5, 0.6) is 0 Å². The zero-order chi connectivity index (χ0) is 13.8. The number of hydrogen-bond donors (Lipinski definition) is 1. The van der Waals surface area contributed by atoms with E-state index in [0.717, 1.165) is 49.3 Å². The summed E-state index contributed by atoms with van der Waals surface area (Å²) in [6.07, 6.45) is 0. The molecule has 104 valence electrons. The van der Waals surface area contributed by atoms with Crippen molar-refractivity contribution < 1.29 is 9.90 Å². The summed E-state index contributed by atoms with van der Waals surface area (Å²) in [5.41, 5.74) is 1.47. The zero-order valence-corrected chi connectivity index (χ0v) is 12.7. The second kappa shape index (κ2) is 6.50. The summed E-state index contributed by atoms with van der Waals surface area (Å²) < 4.78 is 0.880. The lowest BCUT2D eigenvalue weighted by molar-refractivity contribution is 0.0696. The summed E-state index contributed by atoms with van der Waals surface area (Å²) in [5, 5.41) is 8.94. The zero-order valence-electron chi connectivity index (χ0n) is 11.1. The summed E-state index contributed by atoms with van der Waals surface area (Å²) in [6, 6.07) is 5.25. The first-order valence-corrected chi connectivity index (χ1v) is 7.36. The lowest BCUT2D eigenvalue weighted by Gasteiger charge is -2.34. The molecule has 1 aliphatic heterocycles. The Kier molecular flexibility index (Phi) is 4.96. The molecule has 1 N–H and O–H groups in total. The third-order valence-electron chi connectivity index (χ3n) is 3.61. The normalized spacial score (nSPS) is 17.6. The number of rotatable bonds is 4. The fraction of sp³-hybridized carbons (Fsp3) is 0.500. The summed E-state index contributed by atoms with van der Waals surface area (Å²) in [7, 11) is 0. The molecule has 1 heterocycles. The molecule has 0 aromatic heterocycles. The van der Waals surface area contributed by atoms with E-state index in [2.05, 4.69) is 32.7 Å². The molecular formula is C14H19BrN2O2. The van der Waals surface area contributed by atoms with Gasteiger partial charge in [-0.3, -0.25) is 4.90 Å². The van der Waals surface area contributed by atoms with Crippen LogP contribution in [0.15, 0.2) is 22.7 Å². The number of nitrogens with zero attached hydrogens (tertiary/aromatic N) is 2. The highest BCUT2D eigenvalue weighted by atomic mass is 79.9. The van der Waals surface area contributed by atoms with Crippen molar-refractivity contribution in [3.05, 3.63) is 33.8 Å². The second-order valence-corrected chi connectivity index (χ2v) is 5.68. The summed E-state index contributed by atoms with van der Waals surface area (Å²) in [5.74, 6) is -0.885. The molecule has 0 bridgehead atoms. The van der Waals surface area contributed by atoms with Crippen molar-refractivity contribution in [2.24, 2.45) is 0 Å². The first-order chi connectivity index (χ1) is 9.10. The number of likely N-dealkylation sites (N-methyl/N-ethyl adjacent to an activating group) is 1. The lowest BCUT2D eigenvalue weighted by Crippen LogP contribution is -2.45. The molecule has 0 unspecified atom stereocenters. The van der Waals surface area contributed by atoms with Crippen molar-refractivity contribution in [3.63, 3.8) is 0 Å². The average molecular weight is 327 g/mol. The molecule has 1 saturated heterocycles. The number of benzene rings is 1. The fourth-order valence-electron chi connectivity index (χ4n) is 2.31. The van der Waals surface area contributed by atoms with Gasteiger partial charge in [0.15, 0.2) is 0 Å². The molecule has 0 saturated carbocycles. The molecule has 0 atom stereocenters. The number of hydrogen-bond acceptors (Lipinski definition) is 3. The van der Waals surface area contributed by atoms with Gasteiger partial charge in [0.05, 0.1) is 5.56 Å². The van der Waals surface area contributed by atoms with Crippen LogP contribution in [0.4, 0.5) is 0 Å². The van der Waals surface area contributed by atoms with Crippen molar-refractivity contribution in [2.45, 2.75) is 13.5 Å². The monoisotopic (exact) mass is 326 g/mol. The van der Waals surface area contributed by atoms with Gasteiger partial charge in [-0.1, -0.05) is 28.9 Å². The Morgan fingerprint density at radius 1 is 1.26 bits per heavy atom. The SMILES string of the molecule is CCN1CCN(Cc2ccc(C(=O)O)cc2Br)CC1. The van der Waals surface area contributed by atoms with Crippen molar-refractivity contribution in [1.82, 2.24) is 9.80 Å². The molecule has 0 aliphatic carbocycles. The Morgan fingerprint density at radius 3 is 2.42 bits per heavy atom. The quantitative estimate of drug-likeness (QED) is 0.921. The number of carboxylic acid groups (broad SMARTS) is 1. The lowest BCUT2D eigenvalue weighted by atomic mass is 10.1. The van der Waals surface area contributed by atoms with Crippen molar-refractivity contribution in [2.75, 3.05) is 32.7 Å². The van der Waals surface area contributed by atoms with Gasteiger partial charge in [-0.05, 0) is 24.2 Å². The summed E-state index contributed by atoms with van der Waals surface area (Å²) in [6.45, 7) is 8.55. The number of carbonyl (C=O) groups is 1. The first-order valence-electron chi connectivity index (χ1n) is 6.56. The predicted molar refractivity (Wildman–Crippen MR) is 78.5 cm³/mol. The van der Waals surface area contributed by atoms with Crippen LogP contribution in [-0.4, -0.2) is 53.6 Å². The molecular weight excluding hydrogens is 308 g/mol. The van der Waals surface area contributed by atoms with E-state index in [1.807, 2.05) is 6.07 Å². The molecule has 0 radical (unpaired) electrons. The van der Waals surface area contributed by atoms with Gasteiger partial charge in [0.25, 0.3) is 0 Å². The minimum atomic E-state index is -0.885. The highest BCUT2D eigenvalue weighted by Gasteiger charge is 2.16. The molecule has 5 heteroatoms. The van der Waals surface area contributed by atoms with Crippen LogP contribution in [-0.2, 0) is 6.54 Å². The van der Waals surface area contributed by atoms with Gasteiger partial charge in [-0.25, -0.2) is 4.79 Å². The first kappa shape index (κ1) is 14.5. The van der Waals surface area contributed by atoms with Gasteiger partial charge in [-0.2, -0.15) is 0 Å². The highest BCUT2D eigenvalue weighted by Crippen LogP contribution is 2.21. The third kappa shape index (κ3) is 3.78. The van der Waals surface area contributed by atoms with Crippen molar-refractivity contribution in [3.8, 4) is 0 Å². The van der Waals surface area contributed by atoms with Gasteiger partial charge in [0.1, 0.15) is 0 Å². The number of piperazine rings is 1. The van der Waals surface area contributed by atoms with Crippen LogP contribution >= 0.6 is 15.9 Å². The summed E-state index contributed by atoms with van der Waals surface area (Å²) in [4.78, 5) is 15.7. The smallest absolute Gasteiger partial charge is 0.335 e. The maximum atomic E-state index is 10.9. The van der Waals surface area contributed by atoms with E-state index < -0.39 is 5.97 Å². The standard InChI is InChI=1S/C14H19BrN2O2/c1-2-16-5-7-17(8-6-16)10-12-4-3-11(14(18)19)9-13(12)15/h3-4,9H,2,5-8,10H2,1H3,(H,18,19). The fourth-order valence-corrected chi connectivity index (χ4v) is 2.82. The van der Waals surface area contributed by atoms with Gasteiger partial charge < -0.3 is 10.0 Å². The van der Waals surface area contributed by atoms with E-state index in [4.69, 9.17) is 5.11 Å². The maximum absolute atomic E-state index is 10.9. The Labute approximate surface area is 122 Å². The molecule has 0 spiro atoms. The third-order valence-corrected chi connectivity index (χ3v) is 4.34. The van der Waals surface area contributed by atoms with Crippen LogP contribution in [0.2, 0.25) is 0 Å². The van der Waals surface area contributed by atoms with Crippen LogP contribution < -0.4 is 0 Å². The molecule has 0 amide bonds. The Hall–Kier alpha value is -0.910. The van der Waals surface area contributed by atoms with Crippen molar-refractivity contribution in [1.29, 1.82) is 0 Å². The number of carboxylic acids is 1. The summed E-state index contributed by atoms with van der Waals surface area (Å²) >= 11 is 3.47. The van der Waals surface area contributed by atoms with Gasteiger partial charge in [0, 0.05) is 37.2 Å². The Bertz CT molecular complexity index is 457. The van der Waals surface area contributed by atoms with Crippen LogP contribution in [0.25, 0.3) is 0 Å². The molecule has 1 fully saturated rings. The molecule has 2 rings (SSSR count). The number of aromatic carboxylic acids is 1. The van der Waals surface area contributed by atoms with E-state index in [-0.39, 0.29) is 0 Å². The van der Waals surface area contributed by atoms with E-state index in [0.29, 0.717) is 5.56 Å². The Morgan fingerprint density at radius 2 is 1.89 bits per heavy atom. The highest BCUT2D eigenvalue weighted by molar-refractivity contribution is 9.10. The van der Waals surface area contributed by atoms with E-state index in [1.165, 1.54) is 0 Å². The average Bonchev–Trinajstić information content (AvgIpc) is 2.41. The minimum absolute atomic E-state index is 0.325. The molecule has 1 aliphatic rings. The maximum Gasteiger partial charge on any atom is 0.335 e.